The van der Waals surface area contributed by atoms with Crippen LogP contribution in [0.2, 0.25) is 0 Å². The number of benzene rings is 1. The van der Waals surface area contributed by atoms with Gasteiger partial charge in [0.25, 0.3) is 0 Å². The van der Waals surface area contributed by atoms with Crippen molar-refractivity contribution in [2.45, 2.75) is 75.3 Å². The molecule has 1 saturated carbocycles. The first kappa shape index (κ1) is 20.7. The minimum atomic E-state index is -0.214. The van der Waals surface area contributed by atoms with Crippen molar-refractivity contribution in [1.82, 2.24) is 10.2 Å². The fourth-order valence-electron chi connectivity index (χ4n) is 5.45. The molecular formula is C24H36N2O3. The Morgan fingerprint density at radius 1 is 1.10 bits per heavy atom. The van der Waals surface area contributed by atoms with Crippen LogP contribution in [0.4, 0.5) is 0 Å². The lowest BCUT2D eigenvalue weighted by Gasteiger charge is -2.44. The normalized spacial score (nSPS) is 25.6. The molecule has 2 aliphatic heterocycles. The zero-order chi connectivity index (χ0) is 20.1. The zero-order valence-electron chi connectivity index (χ0n) is 17.8. The van der Waals surface area contributed by atoms with E-state index < -0.39 is 0 Å². The number of nitrogens with one attached hydrogen (secondary N) is 1. The van der Waals surface area contributed by atoms with Crippen molar-refractivity contribution < 1.29 is 14.3 Å². The van der Waals surface area contributed by atoms with Crippen LogP contribution in [0.3, 0.4) is 0 Å². The summed E-state index contributed by atoms with van der Waals surface area (Å²) in [4.78, 5) is 15.0. The van der Waals surface area contributed by atoms with E-state index in [-0.39, 0.29) is 17.4 Å². The van der Waals surface area contributed by atoms with Crippen molar-refractivity contribution in [1.29, 1.82) is 0 Å². The Kier molecular flexibility index (Phi) is 6.76. The highest BCUT2D eigenvalue weighted by Crippen LogP contribution is 2.41. The van der Waals surface area contributed by atoms with Crippen LogP contribution in [0, 0.1) is 0 Å². The molecule has 29 heavy (non-hydrogen) atoms. The number of piperidine rings is 1. The number of carbonyl (C=O) groups excluding carboxylic acids is 1. The molecule has 0 aromatic heterocycles. The maximum absolute atomic E-state index is 12.3. The fraction of sp³-hybridized carbons (Fsp3) is 0.708. The molecule has 0 spiro atoms. The molecule has 1 amide bonds. The van der Waals surface area contributed by atoms with E-state index in [0.29, 0.717) is 6.04 Å². The number of methoxy groups -OCH3 is 1. The minimum Gasteiger partial charge on any atom is -0.497 e. The number of carbonyl (C=O) groups is 1. The Labute approximate surface area is 175 Å². The average Bonchev–Trinajstić information content (AvgIpc) is 3.31. The van der Waals surface area contributed by atoms with E-state index in [0.717, 1.165) is 57.7 Å². The highest BCUT2D eigenvalue weighted by atomic mass is 16.5. The van der Waals surface area contributed by atoms with Gasteiger partial charge in [-0.25, -0.2) is 0 Å². The SMILES string of the molecule is COc1ccc(C2(CN3CCC(NC(=O)C4CCCO4)CC3)CCCCC2)cc1. The number of ether oxygens (including phenoxy) is 2. The monoisotopic (exact) mass is 400 g/mol. The summed E-state index contributed by atoms with van der Waals surface area (Å²) in [5.41, 5.74) is 1.73. The van der Waals surface area contributed by atoms with Gasteiger partial charge in [-0.3, -0.25) is 4.79 Å². The number of likely N-dealkylation sites (tertiary alicyclic amines) is 1. The van der Waals surface area contributed by atoms with Crippen LogP contribution in [0.25, 0.3) is 0 Å². The summed E-state index contributed by atoms with van der Waals surface area (Å²) in [5.74, 6) is 1.03. The predicted octanol–water partition coefficient (Wildman–Crippen LogP) is 3.66. The smallest absolute Gasteiger partial charge is 0.249 e. The quantitative estimate of drug-likeness (QED) is 0.792. The van der Waals surface area contributed by atoms with E-state index in [1.165, 1.54) is 37.7 Å². The summed E-state index contributed by atoms with van der Waals surface area (Å²) < 4.78 is 10.9. The van der Waals surface area contributed by atoms with Crippen molar-refractivity contribution >= 4 is 5.91 Å². The molecule has 0 radical (unpaired) electrons. The lowest BCUT2D eigenvalue weighted by molar-refractivity contribution is -0.131. The lowest BCUT2D eigenvalue weighted by atomic mass is 9.69. The van der Waals surface area contributed by atoms with Gasteiger partial charge in [0, 0.05) is 37.7 Å². The first-order chi connectivity index (χ1) is 14.2. The Morgan fingerprint density at radius 2 is 1.83 bits per heavy atom. The van der Waals surface area contributed by atoms with Crippen molar-refractivity contribution in [3.63, 3.8) is 0 Å². The van der Waals surface area contributed by atoms with Gasteiger partial charge in [0.2, 0.25) is 5.91 Å². The molecule has 3 fully saturated rings. The zero-order valence-corrected chi connectivity index (χ0v) is 17.8. The summed E-state index contributed by atoms with van der Waals surface area (Å²) in [5, 5.41) is 3.23. The van der Waals surface area contributed by atoms with Crippen LogP contribution in [0.15, 0.2) is 24.3 Å². The van der Waals surface area contributed by atoms with Gasteiger partial charge in [-0.15, -0.1) is 0 Å². The maximum atomic E-state index is 12.3. The second-order valence-corrected chi connectivity index (χ2v) is 9.13. The largest absolute Gasteiger partial charge is 0.497 e. The average molecular weight is 401 g/mol. The third-order valence-corrected chi connectivity index (χ3v) is 7.20. The summed E-state index contributed by atoms with van der Waals surface area (Å²) in [6.07, 6.45) is 10.3. The number of nitrogens with zero attached hydrogens (tertiary/aromatic N) is 1. The number of hydrogen-bond donors (Lipinski definition) is 1. The Morgan fingerprint density at radius 3 is 2.45 bits per heavy atom. The molecule has 1 unspecified atom stereocenters. The highest BCUT2D eigenvalue weighted by Gasteiger charge is 2.37. The van der Waals surface area contributed by atoms with Gasteiger partial charge in [-0.2, -0.15) is 0 Å². The van der Waals surface area contributed by atoms with Gasteiger partial charge < -0.3 is 19.7 Å². The third-order valence-electron chi connectivity index (χ3n) is 7.20. The molecule has 2 saturated heterocycles. The first-order valence-electron chi connectivity index (χ1n) is 11.5. The lowest BCUT2D eigenvalue weighted by Crippen LogP contribution is -2.50. The second-order valence-electron chi connectivity index (χ2n) is 9.13. The number of hydrogen-bond acceptors (Lipinski definition) is 4. The van der Waals surface area contributed by atoms with Crippen molar-refractivity contribution in [2.75, 3.05) is 33.4 Å². The van der Waals surface area contributed by atoms with Crippen LogP contribution in [0.1, 0.15) is 63.4 Å². The minimum absolute atomic E-state index is 0.0999. The van der Waals surface area contributed by atoms with Crippen molar-refractivity contribution in [3.05, 3.63) is 29.8 Å². The molecule has 1 aliphatic carbocycles. The summed E-state index contributed by atoms with van der Waals surface area (Å²) in [7, 11) is 1.73. The maximum Gasteiger partial charge on any atom is 0.249 e. The topological polar surface area (TPSA) is 50.8 Å². The van der Waals surface area contributed by atoms with E-state index in [4.69, 9.17) is 9.47 Å². The summed E-state index contributed by atoms with van der Waals surface area (Å²) >= 11 is 0. The van der Waals surface area contributed by atoms with Crippen LogP contribution in [-0.4, -0.2) is 56.3 Å². The standard InChI is InChI=1S/C24H36N2O3/c1-28-21-9-7-19(8-10-21)24(13-3-2-4-14-24)18-26-15-11-20(12-16-26)25-23(27)22-6-5-17-29-22/h7-10,20,22H,2-6,11-18H2,1H3,(H,25,27). The molecule has 160 valence electrons. The highest BCUT2D eigenvalue weighted by molar-refractivity contribution is 5.81. The molecule has 5 heteroatoms. The van der Waals surface area contributed by atoms with E-state index >= 15 is 0 Å². The van der Waals surface area contributed by atoms with Crippen LogP contribution in [0.5, 0.6) is 5.75 Å². The van der Waals surface area contributed by atoms with Gasteiger partial charge >= 0.3 is 0 Å². The molecule has 4 rings (SSSR count). The molecule has 1 N–H and O–H groups in total. The van der Waals surface area contributed by atoms with E-state index in [1.807, 2.05) is 0 Å². The van der Waals surface area contributed by atoms with Crippen LogP contribution >= 0.6 is 0 Å². The molecule has 2 heterocycles. The van der Waals surface area contributed by atoms with Gasteiger partial charge in [-0.1, -0.05) is 31.4 Å². The van der Waals surface area contributed by atoms with Gasteiger partial charge in [0.05, 0.1) is 7.11 Å². The molecule has 1 aromatic carbocycles. The Balaban J connectivity index is 1.34. The second kappa shape index (κ2) is 9.48. The summed E-state index contributed by atoms with van der Waals surface area (Å²) in [6, 6.07) is 9.07. The molecule has 1 aromatic rings. The van der Waals surface area contributed by atoms with Crippen molar-refractivity contribution in [2.24, 2.45) is 0 Å². The Hall–Kier alpha value is -1.59. The number of rotatable bonds is 6. The van der Waals surface area contributed by atoms with Crippen molar-refractivity contribution in [3.8, 4) is 5.75 Å². The van der Waals surface area contributed by atoms with Crippen LogP contribution in [-0.2, 0) is 14.9 Å². The number of amides is 1. The molecule has 3 aliphatic rings. The van der Waals surface area contributed by atoms with E-state index in [2.05, 4.69) is 34.5 Å². The Bertz CT molecular complexity index is 655. The molecule has 1 atom stereocenters. The van der Waals surface area contributed by atoms with E-state index in [1.54, 1.807) is 7.11 Å². The third kappa shape index (κ3) is 4.95. The first-order valence-corrected chi connectivity index (χ1v) is 11.5. The molecule has 5 nitrogen and oxygen atoms in total. The van der Waals surface area contributed by atoms with Crippen LogP contribution < -0.4 is 10.1 Å². The van der Waals surface area contributed by atoms with E-state index in [9.17, 15) is 4.79 Å². The molecular weight excluding hydrogens is 364 g/mol. The van der Waals surface area contributed by atoms with Gasteiger partial charge in [0.15, 0.2) is 0 Å². The molecule has 0 bridgehead atoms. The fourth-order valence-corrected chi connectivity index (χ4v) is 5.45. The van der Waals surface area contributed by atoms with Gasteiger partial charge in [-0.05, 0) is 56.2 Å². The van der Waals surface area contributed by atoms with Gasteiger partial charge in [0.1, 0.15) is 11.9 Å². The predicted molar refractivity (Wildman–Crippen MR) is 114 cm³/mol. The summed E-state index contributed by atoms with van der Waals surface area (Å²) in [6.45, 7) is 3.98.